The van der Waals surface area contributed by atoms with E-state index in [0.29, 0.717) is 0 Å². The van der Waals surface area contributed by atoms with Gasteiger partial charge in [-0.2, -0.15) is 0 Å². The van der Waals surface area contributed by atoms with Gasteiger partial charge >= 0.3 is 0 Å². The molecule has 0 N–H and O–H groups in total. The van der Waals surface area contributed by atoms with E-state index in [9.17, 15) is 0 Å². The number of ether oxygens (including phenoxy) is 3. The van der Waals surface area contributed by atoms with Gasteiger partial charge in [0.05, 0.1) is 15.5 Å². The molecule has 8 aromatic rings. The second-order valence-electron chi connectivity index (χ2n) is 16.5. The molecule has 0 spiro atoms. The van der Waals surface area contributed by atoms with Crippen LogP contribution in [-0.4, -0.2) is 8.07 Å². The van der Waals surface area contributed by atoms with Gasteiger partial charge in [0.2, 0.25) is 0 Å². The number of anilines is 3. The van der Waals surface area contributed by atoms with E-state index in [1.54, 1.807) is 11.8 Å². The lowest BCUT2D eigenvalue weighted by molar-refractivity contribution is 0.419. The molecule has 3 aliphatic rings. The maximum Gasteiger partial charge on any atom is 0.151 e. The van der Waals surface area contributed by atoms with Crippen LogP contribution in [0.5, 0.6) is 34.5 Å². The smallest absolute Gasteiger partial charge is 0.151 e. The monoisotopic (exact) mass is 799 g/mol. The summed E-state index contributed by atoms with van der Waals surface area (Å²) in [5.41, 5.74) is 9.72. The van der Waals surface area contributed by atoms with Gasteiger partial charge in [-0.05, 0) is 87.7 Å². The second-order valence-corrected chi connectivity index (χ2v) is 21.9. The van der Waals surface area contributed by atoms with Crippen LogP contribution in [0.15, 0.2) is 186 Å². The van der Waals surface area contributed by atoms with Crippen molar-refractivity contribution in [3.05, 3.63) is 187 Å². The van der Waals surface area contributed by atoms with Crippen LogP contribution in [0.3, 0.4) is 0 Å². The molecule has 0 bridgehead atoms. The lowest BCUT2D eigenvalue weighted by Crippen LogP contribution is -2.56. The van der Waals surface area contributed by atoms with E-state index >= 15 is 0 Å². The third-order valence-electron chi connectivity index (χ3n) is 12.3. The molecule has 0 aliphatic carbocycles. The third-order valence-corrected chi connectivity index (χ3v) is 17.0. The Morgan fingerprint density at radius 3 is 1.80 bits per heavy atom. The molecule has 0 unspecified atom stereocenters. The first-order valence-electron chi connectivity index (χ1n) is 20.2. The van der Waals surface area contributed by atoms with E-state index in [1.165, 1.54) is 21.5 Å². The summed E-state index contributed by atoms with van der Waals surface area (Å²) in [4.78, 5) is 4.59. The molecule has 59 heavy (non-hydrogen) atoms. The van der Waals surface area contributed by atoms with Crippen molar-refractivity contribution in [1.29, 1.82) is 0 Å². The Bertz CT molecular complexity index is 2960. The molecule has 6 heteroatoms. The molecule has 0 saturated carbocycles. The first-order valence-corrected chi connectivity index (χ1v) is 24.0. The van der Waals surface area contributed by atoms with E-state index in [2.05, 4.69) is 190 Å². The average Bonchev–Trinajstić information content (AvgIpc) is 3.26. The molecular weight excluding hydrogens is 759 g/mol. The molecule has 0 fully saturated rings. The minimum atomic E-state index is -2.09. The average molecular weight is 800 g/mol. The van der Waals surface area contributed by atoms with Crippen molar-refractivity contribution in [1.82, 2.24) is 0 Å². The summed E-state index contributed by atoms with van der Waals surface area (Å²) in [5, 5.41) is 2.61. The highest BCUT2D eigenvalue weighted by molar-refractivity contribution is 7.99. The zero-order valence-electron chi connectivity index (χ0n) is 33.3. The van der Waals surface area contributed by atoms with Crippen molar-refractivity contribution in [2.24, 2.45) is 0 Å². The number of nitrogens with zero attached hydrogens (tertiary/aromatic N) is 1. The SMILES string of the molecule is CC1(C)c2ccccc2Oc2c(-c3ccc(N(c4ccc(-c5cccc6c5Sc5ccccc5O6)cc4)c4cccc5c4Oc4ccccc4[Si]5(C)C)cc3)cccc21. The van der Waals surface area contributed by atoms with Crippen molar-refractivity contribution in [2.45, 2.75) is 42.1 Å². The minimum Gasteiger partial charge on any atom is -0.456 e. The molecule has 8 aromatic carbocycles. The lowest BCUT2D eigenvalue weighted by atomic mass is 9.75. The molecule has 0 saturated heterocycles. The van der Waals surface area contributed by atoms with E-state index in [4.69, 9.17) is 14.2 Å². The quantitative estimate of drug-likeness (QED) is 0.162. The maximum absolute atomic E-state index is 6.92. The van der Waals surface area contributed by atoms with Gasteiger partial charge in [-0.3, -0.25) is 0 Å². The predicted molar refractivity (Wildman–Crippen MR) is 245 cm³/mol. The minimum absolute atomic E-state index is 0.194. The summed E-state index contributed by atoms with van der Waals surface area (Å²) >= 11 is 1.77. The fourth-order valence-electron chi connectivity index (χ4n) is 9.10. The highest BCUT2D eigenvalue weighted by Gasteiger charge is 2.39. The first-order chi connectivity index (χ1) is 28.8. The molecule has 3 aliphatic heterocycles. The van der Waals surface area contributed by atoms with Gasteiger partial charge in [0.1, 0.15) is 36.8 Å². The van der Waals surface area contributed by atoms with E-state index in [-0.39, 0.29) is 5.41 Å². The Kier molecular flexibility index (Phi) is 8.19. The second kappa shape index (κ2) is 13.6. The van der Waals surface area contributed by atoms with Crippen LogP contribution < -0.4 is 29.5 Å². The first kappa shape index (κ1) is 35.7. The lowest BCUT2D eigenvalue weighted by Gasteiger charge is -2.36. The standard InChI is InChI=1S/C53H41NO3SSi/c1-53(2)40-16-5-6-19-43(40)56-50-38(14-11-17-41(50)53)34-26-30-36(31-27-34)54(42-18-13-25-49-51(42)57-45-21-8-10-24-48(45)59(49,3)4)37-32-28-35(29-33-37)39-15-12-22-46-52(39)58-47-23-9-7-20-44(47)55-46/h5-33H,1-4H3. The Morgan fingerprint density at radius 2 is 1.02 bits per heavy atom. The third kappa shape index (κ3) is 5.73. The van der Waals surface area contributed by atoms with Gasteiger partial charge in [-0.1, -0.05) is 154 Å². The fraction of sp³-hybridized carbons (Fsp3) is 0.0943. The molecule has 0 atom stereocenters. The Labute approximate surface area is 350 Å². The summed E-state index contributed by atoms with van der Waals surface area (Å²) in [6.45, 7) is 9.42. The largest absolute Gasteiger partial charge is 0.456 e. The fourth-order valence-corrected chi connectivity index (χ4v) is 13.0. The van der Waals surface area contributed by atoms with E-state index in [1.807, 2.05) is 18.2 Å². The van der Waals surface area contributed by atoms with Crippen molar-refractivity contribution in [2.75, 3.05) is 4.90 Å². The van der Waals surface area contributed by atoms with Crippen LogP contribution >= 0.6 is 11.8 Å². The summed E-state index contributed by atoms with van der Waals surface area (Å²) in [7, 11) is -2.09. The number of fused-ring (bicyclic) bond motifs is 6. The number of hydrogen-bond donors (Lipinski definition) is 0. The van der Waals surface area contributed by atoms with E-state index < -0.39 is 8.07 Å². The number of benzene rings is 8. The number of para-hydroxylation sites is 5. The van der Waals surface area contributed by atoms with Gasteiger partial charge in [0.25, 0.3) is 0 Å². The van der Waals surface area contributed by atoms with Crippen LogP contribution in [0, 0.1) is 0 Å². The Morgan fingerprint density at radius 1 is 0.458 bits per heavy atom. The summed E-state index contributed by atoms with van der Waals surface area (Å²) in [5.74, 6) is 5.49. The Hall–Kier alpha value is -6.47. The van der Waals surface area contributed by atoms with Gasteiger partial charge in [0, 0.05) is 33.5 Å². The summed E-state index contributed by atoms with van der Waals surface area (Å²) in [6.07, 6.45) is 0. The van der Waals surface area contributed by atoms with Crippen molar-refractivity contribution < 1.29 is 14.2 Å². The molecular formula is C53H41NO3SSi. The molecule has 0 radical (unpaired) electrons. The van der Waals surface area contributed by atoms with Gasteiger partial charge in [0.15, 0.2) is 5.75 Å². The Balaban J connectivity index is 1.02. The van der Waals surface area contributed by atoms with Crippen LogP contribution in [0.2, 0.25) is 13.1 Å². The highest BCUT2D eigenvalue weighted by atomic mass is 32.2. The van der Waals surface area contributed by atoms with Crippen molar-refractivity contribution >= 4 is 47.3 Å². The molecule has 4 nitrogen and oxygen atoms in total. The molecule has 0 aromatic heterocycles. The normalized spacial score (nSPS) is 14.7. The zero-order chi connectivity index (χ0) is 39.9. The van der Waals surface area contributed by atoms with Crippen LogP contribution in [0.1, 0.15) is 25.0 Å². The topological polar surface area (TPSA) is 30.9 Å². The summed E-state index contributed by atoms with van der Waals surface area (Å²) < 4.78 is 20.0. The highest BCUT2D eigenvalue weighted by Crippen LogP contribution is 2.53. The molecule has 286 valence electrons. The molecule has 3 heterocycles. The van der Waals surface area contributed by atoms with Gasteiger partial charge in [-0.25, -0.2) is 0 Å². The molecule has 11 rings (SSSR count). The summed E-state index contributed by atoms with van der Waals surface area (Å²) in [6, 6.07) is 62.5. The van der Waals surface area contributed by atoms with E-state index in [0.717, 1.165) is 83.6 Å². The van der Waals surface area contributed by atoms with Crippen molar-refractivity contribution in [3.8, 4) is 56.8 Å². The maximum atomic E-state index is 6.92. The van der Waals surface area contributed by atoms with Gasteiger partial charge < -0.3 is 19.1 Å². The number of rotatable bonds is 5. The predicted octanol–water partition coefficient (Wildman–Crippen LogP) is 14.1. The van der Waals surface area contributed by atoms with Crippen LogP contribution in [0.25, 0.3) is 22.3 Å². The van der Waals surface area contributed by atoms with Gasteiger partial charge in [-0.15, -0.1) is 0 Å². The number of hydrogen-bond acceptors (Lipinski definition) is 5. The van der Waals surface area contributed by atoms with Crippen LogP contribution in [0.4, 0.5) is 17.1 Å². The van der Waals surface area contributed by atoms with Crippen LogP contribution in [-0.2, 0) is 5.41 Å². The molecule has 0 amide bonds. The zero-order valence-corrected chi connectivity index (χ0v) is 35.1. The van der Waals surface area contributed by atoms with Crippen molar-refractivity contribution in [3.63, 3.8) is 0 Å².